The van der Waals surface area contributed by atoms with E-state index in [0.717, 1.165) is 6.42 Å². The summed E-state index contributed by atoms with van der Waals surface area (Å²) in [7, 11) is 0. The Kier molecular flexibility index (Phi) is 3.81. The molecule has 2 rings (SSSR count). The first kappa shape index (κ1) is 12.8. The third-order valence-corrected chi connectivity index (χ3v) is 3.35. The van der Waals surface area contributed by atoms with Crippen LogP contribution in [0.15, 0.2) is 24.3 Å². The molecule has 1 aromatic rings. The molecule has 1 saturated heterocycles. The van der Waals surface area contributed by atoms with Crippen LogP contribution in [0.1, 0.15) is 13.3 Å². The molecule has 4 nitrogen and oxygen atoms in total. The first-order valence-electron chi connectivity index (χ1n) is 6.13. The largest absolute Gasteiger partial charge is 0.330 e. The molecule has 0 spiro atoms. The van der Waals surface area contributed by atoms with Gasteiger partial charge in [0.1, 0.15) is 5.82 Å². The average Bonchev–Trinajstić information content (AvgIpc) is 2.73. The van der Waals surface area contributed by atoms with Gasteiger partial charge in [0.05, 0.1) is 0 Å². The summed E-state index contributed by atoms with van der Waals surface area (Å²) >= 11 is 0. The normalized spacial score (nSPS) is 23.2. The highest BCUT2D eigenvalue weighted by Gasteiger charge is 2.31. The number of nitrogens with two attached hydrogens (primary N) is 1. The Bertz CT molecular complexity index is 421. The molecule has 0 bridgehead atoms. The van der Waals surface area contributed by atoms with Crippen LogP contribution in [0.4, 0.5) is 14.9 Å². The van der Waals surface area contributed by atoms with Gasteiger partial charge in [-0.25, -0.2) is 9.18 Å². The Morgan fingerprint density at radius 3 is 2.72 bits per heavy atom. The second kappa shape index (κ2) is 5.35. The molecule has 0 aliphatic carbocycles. The quantitative estimate of drug-likeness (QED) is 0.845. The van der Waals surface area contributed by atoms with E-state index in [0.29, 0.717) is 24.7 Å². The maximum Gasteiger partial charge on any atom is 0.322 e. The zero-order chi connectivity index (χ0) is 13.1. The van der Waals surface area contributed by atoms with Crippen LogP contribution < -0.4 is 11.1 Å². The summed E-state index contributed by atoms with van der Waals surface area (Å²) in [6.45, 7) is 3.30. The van der Waals surface area contributed by atoms with Crippen molar-refractivity contribution in [3.8, 4) is 0 Å². The Hall–Kier alpha value is -1.62. The Morgan fingerprint density at radius 1 is 1.50 bits per heavy atom. The molecule has 2 unspecified atom stereocenters. The summed E-state index contributed by atoms with van der Waals surface area (Å²) in [4.78, 5) is 13.8. The van der Waals surface area contributed by atoms with E-state index in [1.54, 1.807) is 17.0 Å². The van der Waals surface area contributed by atoms with Gasteiger partial charge in [-0.3, -0.25) is 0 Å². The lowest BCUT2D eigenvalue weighted by molar-refractivity contribution is 0.209. The van der Waals surface area contributed by atoms with Gasteiger partial charge in [-0.1, -0.05) is 0 Å². The van der Waals surface area contributed by atoms with Crippen molar-refractivity contribution in [1.29, 1.82) is 0 Å². The van der Waals surface area contributed by atoms with Crippen LogP contribution in [0.5, 0.6) is 0 Å². The van der Waals surface area contributed by atoms with Crippen LogP contribution in [0, 0.1) is 11.7 Å². The van der Waals surface area contributed by atoms with Gasteiger partial charge in [0.15, 0.2) is 0 Å². The van der Waals surface area contributed by atoms with Gasteiger partial charge < -0.3 is 16.0 Å². The molecule has 1 aromatic carbocycles. The van der Waals surface area contributed by atoms with E-state index in [1.807, 2.05) is 6.92 Å². The number of rotatable bonds is 2. The standard InChI is InChI=1S/C13H18FN3O/c1-9-6-10(7-15)8-17(9)13(18)16-12-4-2-11(14)3-5-12/h2-5,9-10H,6-8,15H2,1H3,(H,16,18). The molecule has 1 heterocycles. The smallest absolute Gasteiger partial charge is 0.322 e. The van der Waals surface area contributed by atoms with E-state index in [9.17, 15) is 9.18 Å². The molecule has 1 aliphatic rings. The minimum atomic E-state index is -0.314. The molecule has 1 fully saturated rings. The SMILES string of the molecule is CC1CC(CN)CN1C(=O)Nc1ccc(F)cc1. The predicted molar refractivity (Wildman–Crippen MR) is 68.7 cm³/mol. The first-order chi connectivity index (χ1) is 8.60. The number of urea groups is 1. The third kappa shape index (κ3) is 2.79. The summed E-state index contributed by atoms with van der Waals surface area (Å²) in [5.41, 5.74) is 6.23. The van der Waals surface area contributed by atoms with Gasteiger partial charge in [0.2, 0.25) is 0 Å². The van der Waals surface area contributed by atoms with E-state index >= 15 is 0 Å². The van der Waals surface area contributed by atoms with Gasteiger partial charge >= 0.3 is 6.03 Å². The number of carbonyl (C=O) groups is 1. The van der Waals surface area contributed by atoms with Crippen LogP contribution >= 0.6 is 0 Å². The number of amides is 2. The predicted octanol–water partition coefficient (Wildman–Crippen LogP) is 2.03. The van der Waals surface area contributed by atoms with E-state index in [-0.39, 0.29) is 17.9 Å². The second-order valence-electron chi connectivity index (χ2n) is 4.78. The fourth-order valence-electron chi connectivity index (χ4n) is 2.32. The molecule has 98 valence electrons. The van der Waals surface area contributed by atoms with Crippen LogP contribution in [0.25, 0.3) is 0 Å². The van der Waals surface area contributed by atoms with Gasteiger partial charge in [0.25, 0.3) is 0 Å². The van der Waals surface area contributed by atoms with E-state index in [2.05, 4.69) is 5.32 Å². The molecule has 1 aliphatic heterocycles. The van der Waals surface area contributed by atoms with E-state index < -0.39 is 0 Å². The minimum absolute atomic E-state index is 0.148. The minimum Gasteiger partial charge on any atom is -0.330 e. The third-order valence-electron chi connectivity index (χ3n) is 3.35. The molecule has 18 heavy (non-hydrogen) atoms. The van der Waals surface area contributed by atoms with E-state index in [4.69, 9.17) is 5.73 Å². The lowest BCUT2D eigenvalue weighted by Gasteiger charge is -2.22. The molecule has 0 radical (unpaired) electrons. The number of nitrogens with one attached hydrogen (secondary N) is 1. The number of anilines is 1. The lowest BCUT2D eigenvalue weighted by Crippen LogP contribution is -2.37. The van der Waals surface area contributed by atoms with Gasteiger partial charge in [0, 0.05) is 18.3 Å². The Balaban J connectivity index is 1.98. The summed E-state index contributed by atoms with van der Waals surface area (Å²) in [5.74, 6) is 0.0599. The van der Waals surface area contributed by atoms with Crippen LogP contribution in [-0.4, -0.2) is 30.1 Å². The zero-order valence-corrected chi connectivity index (χ0v) is 10.4. The summed E-state index contributed by atoms with van der Waals surface area (Å²) in [5, 5.41) is 2.77. The van der Waals surface area contributed by atoms with Gasteiger partial charge in [-0.15, -0.1) is 0 Å². The van der Waals surface area contributed by atoms with Crippen LogP contribution in [-0.2, 0) is 0 Å². The zero-order valence-electron chi connectivity index (χ0n) is 10.4. The van der Waals surface area contributed by atoms with Gasteiger partial charge in [-0.05, 0) is 50.1 Å². The number of carbonyl (C=O) groups excluding carboxylic acids is 1. The summed E-state index contributed by atoms with van der Waals surface area (Å²) in [6, 6.07) is 5.80. The average molecular weight is 251 g/mol. The first-order valence-corrected chi connectivity index (χ1v) is 6.13. The maximum atomic E-state index is 12.7. The molecule has 3 N–H and O–H groups in total. The second-order valence-corrected chi connectivity index (χ2v) is 4.78. The topological polar surface area (TPSA) is 58.4 Å². The molecule has 0 saturated carbocycles. The molecule has 2 atom stereocenters. The van der Waals surface area contributed by atoms with E-state index in [1.165, 1.54) is 12.1 Å². The number of nitrogens with zero attached hydrogens (tertiary/aromatic N) is 1. The van der Waals surface area contributed by atoms with Crippen molar-refractivity contribution in [3.05, 3.63) is 30.1 Å². The van der Waals surface area contributed by atoms with Crippen molar-refractivity contribution in [2.45, 2.75) is 19.4 Å². The van der Waals surface area contributed by atoms with Crippen molar-refractivity contribution in [3.63, 3.8) is 0 Å². The molecule has 0 aromatic heterocycles. The number of halogens is 1. The number of likely N-dealkylation sites (tertiary alicyclic amines) is 1. The Morgan fingerprint density at radius 2 is 2.17 bits per heavy atom. The lowest BCUT2D eigenvalue weighted by atomic mass is 10.1. The van der Waals surface area contributed by atoms with Crippen molar-refractivity contribution >= 4 is 11.7 Å². The van der Waals surface area contributed by atoms with Crippen molar-refractivity contribution < 1.29 is 9.18 Å². The Labute approximate surface area is 106 Å². The monoisotopic (exact) mass is 251 g/mol. The maximum absolute atomic E-state index is 12.7. The van der Waals surface area contributed by atoms with Gasteiger partial charge in [-0.2, -0.15) is 0 Å². The molecule has 5 heteroatoms. The summed E-state index contributed by atoms with van der Waals surface area (Å²) in [6.07, 6.45) is 0.938. The number of benzene rings is 1. The van der Waals surface area contributed by atoms with Crippen molar-refractivity contribution in [1.82, 2.24) is 4.90 Å². The fraction of sp³-hybridized carbons (Fsp3) is 0.462. The van der Waals surface area contributed by atoms with Crippen molar-refractivity contribution in [2.24, 2.45) is 11.7 Å². The van der Waals surface area contributed by atoms with Crippen molar-refractivity contribution in [2.75, 3.05) is 18.4 Å². The molecule has 2 amide bonds. The van der Waals surface area contributed by atoms with Crippen LogP contribution in [0.3, 0.4) is 0 Å². The van der Waals surface area contributed by atoms with Crippen LogP contribution in [0.2, 0.25) is 0 Å². The molecular formula is C13H18FN3O. The number of hydrogen-bond donors (Lipinski definition) is 2. The fourth-order valence-corrected chi connectivity index (χ4v) is 2.32. The highest BCUT2D eigenvalue weighted by molar-refractivity contribution is 5.89. The number of hydrogen-bond acceptors (Lipinski definition) is 2. The highest BCUT2D eigenvalue weighted by Crippen LogP contribution is 2.23. The highest BCUT2D eigenvalue weighted by atomic mass is 19.1. The summed E-state index contributed by atoms with van der Waals surface area (Å²) < 4.78 is 12.7. The molecular weight excluding hydrogens is 233 g/mol.